The monoisotopic (exact) mass is 440 g/mol. The molecule has 0 unspecified atom stereocenters. The number of hydrogen-bond acceptors (Lipinski definition) is 3. The topological polar surface area (TPSA) is 45.5 Å². The van der Waals surface area contributed by atoms with Gasteiger partial charge in [0, 0.05) is 43.5 Å². The zero-order valence-corrected chi connectivity index (χ0v) is 18.1. The molecular formula is C25H26ClFN2O2. The van der Waals surface area contributed by atoms with Crippen molar-refractivity contribution in [2.75, 3.05) is 13.1 Å². The van der Waals surface area contributed by atoms with Crippen LogP contribution < -0.4 is 5.32 Å². The van der Waals surface area contributed by atoms with Crippen molar-refractivity contribution in [2.45, 2.75) is 38.3 Å². The third-order valence-electron chi connectivity index (χ3n) is 5.67. The number of halogens is 2. The fourth-order valence-corrected chi connectivity index (χ4v) is 4.06. The molecule has 6 heteroatoms. The Kier molecular flexibility index (Phi) is 7.05. The Bertz CT molecular complexity index is 1010. The van der Waals surface area contributed by atoms with E-state index in [1.165, 1.54) is 11.6 Å². The molecule has 0 radical (unpaired) electrons. The molecule has 0 bridgehead atoms. The summed E-state index contributed by atoms with van der Waals surface area (Å²) in [7, 11) is 0. The predicted octanol–water partition coefficient (Wildman–Crippen LogP) is 5.45. The van der Waals surface area contributed by atoms with Crippen molar-refractivity contribution in [3.63, 3.8) is 0 Å². The highest BCUT2D eigenvalue weighted by atomic mass is 35.5. The van der Waals surface area contributed by atoms with Crippen LogP contribution in [0.3, 0.4) is 0 Å². The van der Waals surface area contributed by atoms with Gasteiger partial charge in [-0.1, -0.05) is 35.9 Å². The maximum atomic E-state index is 13.9. The highest BCUT2D eigenvalue weighted by Crippen LogP contribution is 2.25. The Hall–Kier alpha value is -2.63. The Morgan fingerprint density at radius 2 is 1.81 bits per heavy atom. The van der Waals surface area contributed by atoms with E-state index in [0.29, 0.717) is 29.9 Å². The normalized spacial score (nSPS) is 15.2. The number of nitrogens with zero attached hydrogens (tertiary/aromatic N) is 1. The van der Waals surface area contributed by atoms with Crippen LogP contribution in [0.25, 0.3) is 11.3 Å². The van der Waals surface area contributed by atoms with Gasteiger partial charge in [-0.05, 0) is 54.8 Å². The minimum absolute atomic E-state index is 0.0278. The number of nitrogens with one attached hydrogen (secondary N) is 1. The molecule has 1 N–H and O–H groups in total. The van der Waals surface area contributed by atoms with E-state index < -0.39 is 0 Å². The molecule has 0 aliphatic carbocycles. The summed E-state index contributed by atoms with van der Waals surface area (Å²) in [6.45, 7) is 2.82. The molecule has 4 rings (SSSR count). The summed E-state index contributed by atoms with van der Waals surface area (Å²) >= 11 is 5.95. The van der Waals surface area contributed by atoms with E-state index >= 15 is 0 Å². The Labute approximate surface area is 187 Å². The smallest absolute Gasteiger partial charge is 0.220 e. The first-order valence-electron chi connectivity index (χ1n) is 10.7. The van der Waals surface area contributed by atoms with Crippen LogP contribution in [0, 0.1) is 5.82 Å². The standard InChI is InChI=1S/C25H26ClFN2O2/c26-19-7-5-18(6-8-19)17-29-15-13-20(14-16-29)28-25(30)12-10-21-9-11-24(31-21)22-3-1-2-4-23(22)27/h1-9,11,20H,10,12-17H2,(H,28,30). The summed E-state index contributed by atoms with van der Waals surface area (Å²) in [5.74, 6) is 0.885. The molecule has 162 valence electrons. The van der Waals surface area contributed by atoms with Crippen molar-refractivity contribution < 1.29 is 13.6 Å². The van der Waals surface area contributed by atoms with Crippen LogP contribution in [0.5, 0.6) is 0 Å². The second kappa shape index (κ2) is 10.1. The summed E-state index contributed by atoms with van der Waals surface area (Å²) in [6.07, 6.45) is 2.74. The van der Waals surface area contributed by atoms with Gasteiger partial charge in [-0.2, -0.15) is 0 Å². The van der Waals surface area contributed by atoms with Crippen molar-refractivity contribution >= 4 is 17.5 Å². The number of hydrogen-bond donors (Lipinski definition) is 1. The maximum Gasteiger partial charge on any atom is 0.220 e. The lowest BCUT2D eigenvalue weighted by molar-refractivity contribution is -0.122. The predicted molar refractivity (Wildman–Crippen MR) is 120 cm³/mol. The summed E-state index contributed by atoms with van der Waals surface area (Å²) in [6, 6.07) is 18.2. The third kappa shape index (κ3) is 5.96. The number of piperidine rings is 1. The summed E-state index contributed by atoms with van der Waals surface area (Å²) in [5.41, 5.74) is 1.68. The van der Waals surface area contributed by atoms with Crippen molar-refractivity contribution in [3.05, 3.63) is 82.8 Å². The van der Waals surface area contributed by atoms with Crippen molar-refractivity contribution in [3.8, 4) is 11.3 Å². The molecule has 1 fully saturated rings. The number of furan rings is 1. The second-order valence-electron chi connectivity index (χ2n) is 7.99. The zero-order valence-electron chi connectivity index (χ0n) is 17.3. The Balaban J connectivity index is 1.20. The van der Waals surface area contributed by atoms with Crippen molar-refractivity contribution in [2.24, 2.45) is 0 Å². The quantitative estimate of drug-likeness (QED) is 0.531. The molecule has 0 atom stereocenters. The second-order valence-corrected chi connectivity index (χ2v) is 8.43. The first-order valence-corrected chi connectivity index (χ1v) is 11.0. The molecule has 1 aromatic heterocycles. The van der Waals surface area contributed by atoms with Crippen molar-refractivity contribution in [1.82, 2.24) is 10.2 Å². The van der Waals surface area contributed by atoms with Gasteiger partial charge in [0.25, 0.3) is 0 Å². The Morgan fingerprint density at radius 1 is 1.06 bits per heavy atom. The lowest BCUT2D eigenvalue weighted by Crippen LogP contribution is -2.44. The van der Waals surface area contributed by atoms with E-state index in [1.807, 2.05) is 18.2 Å². The molecule has 4 nitrogen and oxygen atoms in total. The minimum atomic E-state index is -0.316. The van der Waals surface area contributed by atoms with Gasteiger partial charge >= 0.3 is 0 Å². The van der Waals surface area contributed by atoms with Crippen molar-refractivity contribution in [1.29, 1.82) is 0 Å². The van der Waals surface area contributed by atoms with E-state index in [2.05, 4.69) is 22.3 Å². The van der Waals surface area contributed by atoms with Crippen LogP contribution in [0.2, 0.25) is 5.02 Å². The lowest BCUT2D eigenvalue weighted by atomic mass is 10.0. The van der Waals surface area contributed by atoms with Gasteiger partial charge in [0.2, 0.25) is 5.91 Å². The van der Waals surface area contributed by atoms with Crippen LogP contribution in [0.1, 0.15) is 30.6 Å². The molecule has 3 aromatic rings. The molecule has 1 amide bonds. The first-order chi connectivity index (χ1) is 15.1. The highest BCUT2D eigenvalue weighted by Gasteiger charge is 2.21. The molecular weight excluding hydrogens is 415 g/mol. The fraction of sp³-hybridized carbons (Fsp3) is 0.320. The van der Waals surface area contributed by atoms with E-state index in [-0.39, 0.29) is 17.8 Å². The van der Waals surface area contributed by atoms with Gasteiger partial charge in [0.05, 0.1) is 5.56 Å². The van der Waals surface area contributed by atoms with Crippen LogP contribution in [-0.4, -0.2) is 29.9 Å². The van der Waals surface area contributed by atoms with E-state index in [4.69, 9.17) is 16.0 Å². The Morgan fingerprint density at radius 3 is 2.55 bits per heavy atom. The average Bonchev–Trinajstić information content (AvgIpc) is 3.24. The molecule has 1 aliphatic rings. The summed E-state index contributed by atoms with van der Waals surface area (Å²) in [5, 5.41) is 3.90. The van der Waals surface area contributed by atoms with Gasteiger partial charge in [0.15, 0.2) is 0 Å². The summed E-state index contributed by atoms with van der Waals surface area (Å²) < 4.78 is 19.6. The van der Waals surface area contributed by atoms with E-state index in [1.54, 1.807) is 24.3 Å². The van der Waals surface area contributed by atoms with Gasteiger partial charge in [-0.25, -0.2) is 4.39 Å². The fourth-order valence-electron chi connectivity index (χ4n) is 3.94. The number of amides is 1. The highest BCUT2D eigenvalue weighted by molar-refractivity contribution is 6.30. The number of aryl methyl sites for hydroxylation is 1. The largest absolute Gasteiger partial charge is 0.461 e. The molecule has 1 aliphatic heterocycles. The number of likely N-dealkylation sites (tertiary alicyclic amines) is 1. The maximum absolute atomic E-state index is 13.9. The lowest BCUT2D eigenvalue weighted by Gasteiger charge is -2.32. The van der Waals surface area contributed by atoms with Crippen LogP contribution >= 0.6 is 11.6 Å². The van der Waals surface area contributed by atoms with Crippen LogP contribution in [-0.2, 0) is 17.8 Å². The third-order valence-corrected chi connectivity index (χ3v) is 5.92. The van der Waals surface area contributed by atoms with Gasteiger partial charge < -0.3 is 9.73 Å². The van der Waals surface area contributed by atoms with E-state index in [0.717, 1.165) is 37.5 Å². The number of carbonyl (C=O) groups is 1. The molecule has 2 heterocycles. The number of rotatable bonds is 7. The van der Waals surface area contributed by atoms with Gasteiger partial charge in [0.1, 0.15) is 17.3 Å². The minimum Gasteiger partial charge on any atom is -0.461 e. The molecule has 2 aromatic carbocycles. The number of benzene rings is 2. The van der Waals surface area contributed by atoms with E-state index in [9.17, 15) is 9.18 Å². The van der Waals surface area contributed by atoms with Crippen LogP contribution in [0.15, 0.2) is 65.1 Å². The van der Waals surface area contributed by atoms with Gasteiger partial charge in [-0.15, -0.1) is 0 Å². The van der Waals surface area contributed by atoms with Crippen LogP contribution in [0.4, 0.5) is 4.39 Å². The molecule has 31 heavy (non-hydrogen) atoms. The molecule has 1 saturated heterocycles. The molecule has 0 saturated carbocycles. The zero-order chi connectivity index (χ0) is 21.6. The van der Waals surface area contributed by atoms with Gasteiger partial charge in [-0.3, -0.25) is 9.69 Å². The number of carbonyl (C=O) groups excluding carboxylic acids is 1. The SMILES string of the molecule is O=C(CCc1ccc(-c2ccccc2F)o1)NC1CCN(Cc2ccc(Cl)cc2)CC1. The first kappa shape index (κ1) is 21.6. The molecule has 0 spiro atoms. The average molecular weight is 441 g/mol. The summed E-state index contributed by atoms with van der Waals surface area (Å²) in [4.78, 5) is 14.8.